The van der Waals surface area contributed by atoms with Crippen molar-refractivity contribution in [1.82, 2.24) is 5.32 Å². The number of rotatable bonds is 3. The first kappa shape index (κ1) is 17.4. The lowest BCUT2D eigenvalue weighted by molar-refractivity contribution is 0.262. The van der Waals surface area contributed by atoms with Crippen LogP contribution in [0.5, 0.6) is 5.75 Å². The first-order valence-corrected chi connectivity index (χ1v) is 7.94. The average molecular weight is 450 g/mol. The molecule has 0 saturated heterocycles. The zero-order valence-electron chi connectivity index (χ0n) is 11.8. The fraction of sp³-hybridized carbons (Fsp3) is 0.267. The predicted molar refractivity (Wildman–Crippen MR) is 103 cm³/mol. The fourth-order valence-corrected chi connectivity index (χ4v) is 3.33. The molecular formula is C15H17ClIN3OS. The number of guanidine groups is 1. The molecule has 7 heteroatoms. The zero-order valence-corrected chi connectivity index (χ0v) is 15.7. The lowest BCUT2D eigenvalue weighted by Crippen LogP contribution is -2.37. The van der Waals surface area contributed by atoms with E-state index in [2.05, 4.69) is 16.4 Å². The topological polar surface area (TPSA) is 59.6 Å². The molecule has 1 unspecified atom stereocenters. The third kappa shape index (κ3) is 4.27. The van der Waals surface area contributed by atoms with Gasteiger partial charge in [0.15, 0.2) is 5.96 Å². The van der Waals surface area contributed by atoms with E-state index in [-0.39, 0.29) is 30.0 Å². The summed E-state index contributed by atoms with van der Waals surface area (Å²) in [7, 11) is 0. The van der Waals surface area contributed by atoms with Crippen molar-refractivity contribution in [2.45, 2.75) is 19.0 Å². The van der Waals surface area contributed by atoms with Gasteiger partial charge in [-0.05, 0) is 18.2 Å². The lowest BCUT2D eigenvalue weighted by atomic mass is 10.0. The first-order valence-electron chi connectivity index (χ1n) is 6.75. The van der Waals surface area contributed by atoms with Gasteiger partial charge in [0.05, 0.1) is 23.5 Å². The van der Waals surface area contributed by atoms with E-state index in [4.69, 9.17) is 22.1 Å². The number of aliphatic imine (C=N–C) groups is 1. The molecule has 0 saturated carbocycles. The summed E-state index contributed by atoms with van der Waals surface area (Å²) in [6.07, 6.45) is 0.873. The number of ether oxygens (including phenoxy) is 1. The maximum atomic E-state index is 5.99. The van der Waals surface area contributed by atoms with Gasteiger partial charge in [-0.3, -0.25) is 0 Å². The Balaban J connectivity index is 0.00000176. The summed E-state index contributed by atoms with van der Waals surface area (Å²) in [6, 6.07) is 12.0. The molecule has 1 aliphatic rings. The van der Waals surface area contributed by atoms with Crippen LogP contribution in [0.25, 0.3) is 0 Å². The Hall–Kier alpha value is -0.990. The summed E-state index contributed by atoms with van der Waals surface area (Å²) in [6.45, 7) is 1.23. The van der Waals surface area contributed by atoms with Crippen LogP contribution in [0.3, 0.4) is 0 Å². The van der Waals surface area contributed by atoms with Gasteiger partial charge in [0.1, 0.15) is 5.75 Å². The van der Waals surface area contributed by atoms with Crippen molar-refractivity contribution in [3.8, 4) is 5.75 Å². The molecule has 1 atom stereocenters. The number of fused-ring (bicyclic) bond motifs is 1. The second-order valence-electron chi connectivity index (χ2n) is 4.78. The highest BCUT2D eigenvalue weighted by Crippen LogP contribution is 2.31. The summed E-state index contributed by atoms with van der Waals surface area (Å²) < 4.78 is 6.40. The molecule has 2 heterocycles. The van der Waals surface area contributed by atoms with Gasteiger partial charge in [0.25, 0.3) is 0 Å². The van der Waals surface area contributed by atoms with E-state index in [1.165, 1.54) is 11.3 Å². The summed E-state index contributed by atoms with van der Waals surface area (Å²) >= 11 is 7.42. The standard InChI is InChI=1S/C15H16ClN3OS.HI/c16-14-6-5-10(21-14)9-18-15(17)19-12-7-8-20-13-4-2-1-3-11(12)13;/h1-6,12H,7-9H2,(H3,17,18,19);1H. The van der Waals surface area contributed by atoms with Crippen LogP contribution < -0.4 is 15.8 Å². The van der Waals surface area contributed by atoms with Crippen molar-refractivity contribution in [2.24, 2.45) is 10.7 Å². The largest absolute Gasteiger partial charge is 0.493 e. The van der Waals surface area contributed by atoms with Crippen LogP contribution in [0.15, 0.2) is 41.4 Å². The Morgan fingerprint density at radius 2 is 2.18 bits per heavy atom. The fourth-order valence-electron chi connectivity index (χ4n) is 2.32. The molecule has 4 nitrogen and oxygen atoms in total. The Morgan fingerprint density at radius 3 is 2.95 bits per heavy atom. The highest BCUT2D eigenvalue weighted by molar-refractivity contribution is 14.0. The zero-order chi connectivity index (χ0) is 14.7. The van der Waals surface area contributed by atoms with Crippen LogP contribution in [-0.4, -0.2) is 12.6 Å². The van der Waals surface area contributed by atoms with Crippen LogP contribution in [0, 0.1) is 0 Å². The van der Waals surface area contributed by atoms with Crippen LogP contribution >= 0.6 is 46.9 Å². The van der Waals surface area contributed by atoms with Gasteiger partial charge in [-0.25, -0.2) is 4.99 Å². The van der Waals surface area contributed by atoms with Crippen LogP contribution in [0.1, 0.15) is 22.9 Å². The predicted octanol–water partition coefficient (Wildman–Crippen LogP) is 3.95. The highest BCUT2D eigenvalue weighted by atomic mass is 127. The highest BCUT2D eigenvalue weighted by Gasteiger charge is 2.21. The first-order chi connectivity index (χ1) is 10.2. The van der Waals surface area contributed by atoms with E-state index in [1.807, 2.05) is 30.3 Å². The third-order valence-electron chi connectivity index (χ3n) is 3.31. The van der Waals surface area contributed by atoms with Crippen molar-refractivity contribution in [2.75, 3.05) is 6.61 Å². The molecule has 0 fully saturated rings. The Bertz CT molecular complexity index is 662. The van der Waals surface area contributed by atoms with Gasteiger partial charge in [-0.1, -0.05) is 29.8 Å². The van der Waals surface area contributed by atoms with Crippen molar-refractivity contribution >= 4 is 52.9 Å². The van der Waals surface area contributed by atoms with Gasteiger partial charge >= 0.3 is 0 Å². The van der Waals surface area contributed by atoms with E-state index in [1.54, 1.807) is 0 Å². The number of nitrogens with zero attached hydrogens (tertiary/aromatic N) is 1. The Labute approximate surface area is 155 Å². The van der Waals surface area contributed by atoms with E-state index in [9.17, 15) is 0 Å². The number of nitrogens with one attached hydrogen (secondary N) is 1. The molecule has 0 aliphatic carbocycles. The van der Waals surface area contributed by atoms with Gasteiger partial charge in [0, 0.05) is 16.9 Å². The smallest absolute Gasteiger partial charge is 0.189 e. The van der Waals surface area contributed by atoms with Gasteiger partial charge < -0.3 is 15.8 Å². The normalized spacial score (nSPS) is 17.1. The minimum absolute atomic E-state index is 0. The summed E-state index contributed by atoms with van der Waals surface area (Å²) in [5.74, 6) is 1.36. The van der Waals surface area contributed by atoms with Crippen molar-refractivity contribution in [3.05, 3.63) is 51.2 Å². The SMILES string of the molecule is I.NC(=NCc1ccc(Cl)s1)NC1CCOc2ccccc21. The molecule has 118 valence electrons. The molecular weight excluding hydrogens is 433 g/mol. The third-order valence-corrected chi connectivity index (χ3v) is 4.53. The molecule has 3 N–H and O–H groups in total. The van der Waals surface area contributed by atoms with Gasteiger partial charge in [-0.2, -0.15) is 0 Å². The molecule has 3 rings (SSSR count). The number of nitrogens with two attached hydrogens (primary N) is 1. The van der Waals surface area contributed by atoms with Crippen molar-refractivity contribution < 1.29 is 4.74 Å². The van der Waals surface area contributed by atoms with Crippen LogP contribution in [0.2, 0.25) is 4.34 Å². The molecule has 1 aromatic carbocycles. The molecule has 0 radical (unpaired) electrons. The number of hydrogen-bond acceptors (Lipinski definition) is 3. The molecule has 0 spiro atoms. The summed E-state index contributed by atoms with van der Waals surface area (Å²) in [4.78, 5) is 5.46. The second-order valence-corrected chi connectivity index (χ2v) is 6.58. The van der Waals surface area contributed by atoms with Gasteiger partial charge in [0.2, 0.25) is 0 Å². The Morgan fingerprint density at radius 1 is 1.36 bits per heavy atom. The maximum absolute atomic E-state index is 5.99. The van der Waals surface area contributed by atoms with Crippen LogP contribution in [0.4, 0.5) is 0 Å². The molecule has 22 heavy (non-hydrogen) atoms. The number of para-hydroxylation sites is 1. The molecule has 1 aromatic heterocycles. The lowest BCUT2D eigenvalue weighted by Gasteiger charge is -2.26. The summed E-state index contributed by atoms with van der Waals surface area (Å²) in [5.41, 5.74) is 7.11. The number of halogens is 2. The van der Waals surface area contributed by atoms with Crippen molar-refractivity contribution in [1.29, 1.82) is 0 Å². The second kappa shape index (κ2) is 8.03. The van der Waals surface area contributed by atoms with Gasteiger partial charge in [-0.15, -0.1) is 35.3 Å². The van der Waals surface area contributed by atoms with E-state index < -0.39 is 0 Å². The minimum atomic E-state index is 0. The molecule has 2 aromatic rings. The van der Waals surface area contributed by atoms with E-state index >= 15 is 0 Å². The number of thiophene rings is 1. The van der Waals surface area contributed by atoms with E-state index in [0.29, 0.717) is 19.1 Å². The molecule has 0 bridgehead atoms. The monoisotopic (exact) mass is 449 g/mol. The maximum Gasteiger partial charge on any atom is 0.189 e. The number of benzene rings is 1. The Kier molecular flexibility index (Phi) is 6.34. The molecule has 1 aliphatic heterocycles. The van der Waals surface area contributed by atoms with Crippen LogP contribution in [-0.2, 0) is 6.54 Å². The number of hydrogen-bond donors (Lipinski definition) is 2. The van der Waals surface area contributed by atoms with E-state index in [0.717, 1.165) is 26.9 Å². The molecule has 0 amide bonds. The van der Waals surface area contributed by atoms with Crippen molar-refractivity contribution in [3.63, 3.8) is 0 Å². The average Bonchev–Trinajstić information content (AvgIpc) is 2.91. The minimum Gasteiger partial charge on any atom is -0.493 e. The summed E-state index contributed by atoms with van der Waals surface area (Å²) in [5, 5.41) is 3.27. The quantitative estimate of drug-likeness (QED) is 0.424.